The van der Waals surface area contributed by atoms with E-state index in [0.717, 1.165) is 31.2 Å². The second-order valence-corrected chi connectivity index (χ2v) is 6.97. The molecule has 2 N–H and O–H groups in total. The number of nitrogens with one attached hydrogen (secondary N) is 1. The van der Waals surface area contributed by atoms with Crippen molar-refractivity contribution in [2.24, 2.45) is 5.41 Å². The van der Waals surface area contributed by atoms with E-state index in [1.165, 1.54) is 12.1 Å². The van der Waals surface area contributed by atoms with Gasteiger partial charge in [0, 0.05) is 6.54 Å². The molecule has 21 heavy (non-hydrogen) atoms. The number of hydrogen-bond donors (Lipinski definition) is 2. The van der Waals surface area contributed by atoms with Gasteiger partial charge in [-0.3, -0.25) is 4.79 Å². The number of hydrogen-bond acceptors (Lipinski definition) is 2. The highest BCUT2D eigenvalue weighted by molar-refractivity contribution is 5.78. The Kier molecular flexibility index (Phi) is 4.67. The summed E-state index contributed by atoms with van der Waals surface area (Å²) in [6, 6.07) is 5.90. The quantitative estimate of drug-likeness (QED) is 0.897. The first kappa shape index (κ1) is 16.0. The third-order valence-corrected chi connectivity index (χ3v) is 4.43. The Morgan fingerprint density at radius 1 is 1.19 bits per heavy atom. The van der Waals surface area contributed by atoms with Gasteiger partial charge in [0.05, 0.1) is 12.0 Å². The van der Waals surface area contributed by atoms with Crippen LogP contribution in [0.4, 0.5) is 4.39 Å². The summed E-state index contributed by atoms with van der Waals surface area (Å²) in [5.74, 6) is -0.446. The Balaban J connectivity index is 1.80. The molecule has 0 aliphatic heterocycles. The zero-order valence-electron chi connectivity index (χ0n) is 12.8. The molecular weight excluding hydrogens is 269 g/mol. The molecule has 4 heteroatoms. The summed E-state index contributed by atoms with van der Waals surface area (Å²) in [6.07, 6.45) is 3.59. The smallest absolute Gasteiger partial charge is 0.224 e. The summed E-state index contributed by atoms with van der Waals surface area (Å²) in [6.45, 7) is 4.71. The summed E-state index contributed by atoms with van der Waals surface area (Å²) >= 11 is 0. The summed E-state index contributed by atoms with van der Waals surface area (Å²) in [7, 11) is 0. The minimum absolute atomic E-state index is 0.139. The van der Waals surface area contributed by atoms with E-state index in [9.17, 15) is 14.3 Å². The molecule has 1 aromatic carbocycles. The highest BCUT2D eigenvalue weighted by Crippen LogP contribution is 2.39. The van der Waals surface area contributed by atoms with Crippen molar-refractivity contribution in [3.63, 3.8) is 0 Å². The van der Waals surface area contributed by atoms with Gasteiger partial charge in [-0.25, -0.2) is 4.39 Å². The Morgan fingerprint density at radius 2 is 1.76 bits per heavy atom. The number of halogens is 1. The van der Waals surface area contributed by atoms with Gasteiger partial charge in [-0.2, -0.15) is 0 Å². The predicted octanol–water partition coefficient (Wildman–Crippen LogP) is 2.82. The lowest BCUT2D eigenvalue weighted by molar-refractivity contribution is -0.122. The largest absolute Gasteiger partial charge is 0.388 e. The van der Waals surface area contributed by atoms with Crippen LogP contribution < -0.4 is 5.32 Å². The zero-order valence-corrected chi connectivity index (χ0v) is 12.8. The second-order valence-electron chi connectivity index (χ2n) is 6.97. The molecule has 0 spiro atoms. The van der Waals surface area contributed by atoms with E-state index in [4.69, 9.17) is 0 Å². The Labute approximate surface area is 125 Å². The predicted molar refractivity (Wildman–Crippen MR) is 80.3 cm³/mol. The number of carbonyl (C=O) groups excluding carboxylic acids is 1. The summed E-state index contributed by atoms with van der Waals surface area (Å²) in [5.41, 5.74) is 0.267. The lowest BCUT2D eigenvalue weighted by Crippen LogP contribution is -2.46. The van der Waals surface area contributed by atoms with Crippen molar-refractivity contribution < 1.29 is 14.3 Å². The van der Waals surface area contributed by atoms with Crippen LogP contribution in [0.15, 0.2) is 24.3 Å². The van der Waals surface area contributed by atoms with Gasteiger partial charge in [0.15, 0.2) is 0 Å². The highest BCUT2D eigenvalue weighted by atomic mass is 19.1. The van der Waals surface area contributed by atoms with E-state index in [2.05, 4.69) is 19.2 Å². The second kappa shape index (κ2) is 6.14. The van der Waals surface area contributed by atoms with E-state index in [1.54, 1.807) is 12.1 Å². The third kappa shape index (κ3) is 4.81. The highest BCUT2D eigenvalue weighted by Gasteiger charge is 2.36. The van der Waals surface area contributed by atoms with Crippen LogP contribution in [0.5, 0.6) is 0 Å². The molecule has 0 bridgehead atoms. The number of aliphatic hydroxyl groups is 1. The average Bonchev–Trinajstić information content (AvgIpc) is 2.43. The van der Waals surface area contributed by atoms with Gasteiger partial charge in [0.25, 0.3) is 0 Å². The van der Waals surface area contributed by atoms with Gasteiger partial charge < -0.3 is 10.4 Å². The van der Waals surface area contributed by atoms with Gasteiger partial charge in [0.2, 0.25) is 5.91 Å². The van der Waals surface area contributed by atoms with Gasteiger partial charge in [-0.1, -0.05) is 26.0 Å². The normalized spacial score (nSPS) is 20.0. The lowest BCUT2D eigenvalue weighted by Gasteiger charge is -2.40. The van der Waals surface area contributed by atoms with Crippen LogP contribution in [0, 0.1) is 11.2 Å². The molecule has 2 rings (SSSR count). The van der Waals surface area contributed by atoms with Crippen molar-refractivity contribution in [3.05, 3.63) is 35.6 Å². The molecule has 0 saturated heterocycles. The molecule has 1 aliphatic rings. The fourth-order valence-electron chi connectivity index (χ4n) is 2.68. The van der Waals surface area contributed by atoms with Crippen molar-refractivity contribution >= 4 is 5.91 Å². The number of carbonyl (C=O) groups is 1. The fourth-order valence-corrected chi connectivity index (χ4v) is 2.68. The fraction of sp³-hybridized carbons (Fsp3) is 0.588. The van der Waals surface area contributed by atoms with Gasteiger partial charge in [-0.15, -0.1) is 0 Å². The van der Waals surface area contributed by atoms with Crippen LogP contribution in [0.25, 0.3) is 0 Å². The molecule has 0 heterocycles. The van der Waals surface area contributed by atoms with E-state index in [-0.39, 0.29) is 23.6 Å². The number of benzene rings is 1. The summed E-state index contributed by atoms with van der Waals surface area (Å²) < 4.78 is 12.8. The van der Waals surface area contributed by atoms with Gasteiger partial charge >= 0.3 is 0 Å². The van der Waals surface area contributed by atoms with Crippen LogP contribution in [-0.2, 0) is 11.2 Å². The van der Waals surface area contributed by atoms with Crippen LogP contribution >= 0.6 is 0 Å². The first-order valence-corrected chi connectivity index (χ1v) is 7.52. The standard InChI is InChI=1S/C17H24FNO2/c1-16(2)7-9-17(21,10-8-16)12-19-15(20)11-13-3-5-14(18)6-4-13/h3-6,21H,7-12H2,1-2H3,(H,19,20). The van der Waals surface area contributed by atoms with E-state index in [0.29, 0.717) is 6.54 Å². The van der Waals surface area contributed by atoms with E-state index >= 15 is 0 Å². The molecule has 1 aromatic rings. The first-order valence-electron chi connectivity index (χ1n) is 7.52. The molecule has 1 saturated carbocycles. The average molecular weight is 293 g/mol. The number of rotatable bonds is 4. The van der Waals surface area contributed by atoms with Crippen molar-refractivity contribution in [1.29, 1.82) is 0 Å². The third-order valence-electron chi connectivity index (χ3n) is 4.43. The molecule has 116 valence electrons. The Bertz CT molecular complexity index is 486. The van der Waals surface area contributed by atoms with Crippen LogP contribution in [0.3, 0.4) is 0 Å². The van der Waals surface area contributed by atoms with Gasteiger partial charge in [0.1, 0.15) is 5.82 Å². The molecule has 1 fully saturated rings. The monoisotopic (exact) mass is 293 g/mol. The van der Waals surface area contributed by atoms with Crippen molar-refractivity contribution in [2.45, 2.75) is 51.6 Å². The van der Waals surface area contributed by atoms with Crippen LogP contribution in [0.2, 0.25) is 0 Å². The molecule has 0 atom stereocenters. The van der Waals surface area contributed by atoms with Gasteiger partial charge in [-0.05, 0) is 48.8 Å². The van der Waals surface area contributed by atoms with Crippen molar-refractivity contribution in [3.8, 4) is 0 Å². The minimum atomic E-state index is -0.784. The Morgan fingerprint density at radius 3 is 2.33 bits per heavy atom. The molecule has 3 nitrogen and oxygen atoms in total. The molecule has 1 aliphatic carbocycles. The molecule has 1 amide bonds. The van der Waals surface area contributed by atoms with Crippen LogP contribution in [0.1, 0.15) is 45.1 Å². The first-order chi connectivity index (χ1) is 9.78. The molecule has 0 aromatic heterocycles. The zero-order chi connectivity index (χ0) is 15.5. The van der Waals surface area contributed by atoms with E-state index < -0.39 is 5.60 Å². The Hall–Kier alpha value is -1.42. The summed E-state index contributed by atoms with van der Waals surface area (Å²) in [5, 5.41) is 13.3. The maximum atomic E-state index is 12.8. The van der Waals surface area contributed by atoms with E-state index in [1.807, 2.05) is 0 Å². The molecular formula is C17H24FNO2. The van der Waals surface area contributed by atoms with Crippen LogP contribution in [-0.4, -0.2) is 23.2 Å². The SMILES string of the molecule is CC1(C)CCC(O)(CNC(=O)Cc2ccc(F)cc2)CC1. The topological polar surface area (TPSA) is 49.3 Å². The lowest BCUT2D eigenvalue weighted by atomic mass is 9.71. The molecule has 0 radical (unpaired) electrons. The summed E-state index contributed by atoms with van der Waals surface area (Å²) in [4.78, 5) is 11.9. The molecule has 0 unspecified atom stereocenters. The maximum absolute atomic E-state index is 12.8. The number of amides is 1. The minimum Gasteiger partial charge on any atom is -0.388 e. The van der Waals surface area contributed by atoms with Crippen molar-refractivity contribution in [1.82, 2.24) is 5.32 Å². The van der Waals surface area contributed by atoms with Crippen molar-refractivity contribution in [2.75, 3.05) is 6.54 Å². The maximum Gasteiger partial charge on any atom is 0.224 e.